The third kappa shape index (κ3) is 2.23. The summed E-state index contributed by atoms with van der Waals surface area (Å²) in [5.74, 6) is 0.830. The van der Waals surface area contributed by atoms with Crippen molar-refractivity contribution in [3.63, 3.8) is 0 Å². The van der Waals surface area contributed by atoms with Gasteiger partial charge in [-0.3, -0.25) is 0 Å². The fourth-order valence-corrected chi connectivity index (χ4v) is 1.68. The van der Waals surface area contributed by atoms with Gasteiger partial charge in [0.15, 0.2) is 11.0 Å². The molecule has 0 bridgehead atoms. The van der Waals surface area contributed by atoms with Gasteiger partial charge in [0.2, 0.25) is 0 Å². The first-order chi connectivity index (χ1) is 5.88. The van der Waals surface area contributed by atoms with E-state index in [4.69, 9.17) is 11.6 Å². The summed E-state index contributed by atoms with van der Waals surface area (Å²) in [6.07, 6.45) is 5.75. The molecule has 0 N–H and O–H groups in total. The summed E-state index contributed by atoms with van der Waals surface area (Å²) in [4.78, 5) is 10.4. The summed E-state index contributed by atoms with van der Waals surface area (Å²) in [6.45, 7) is 2.11. The second kappa shape index (κ2) is 4.63. The third-order valence-corrected chi connectivity index (χ3v) is 2.31. The number of hydrogen-bond donors (Lipinski definition) is 0. The van der Waals surface area contributed by atoms with Gasteiger partial charge in [-0.1, -0.05) is 11.6 Å². The van der Waals surface area contributed by atoms with Crippen LogP contribution in [-0.2, 0) is 0 Å². The maximum atomic E-state index is 5.89. The Kier molecular flexibility index (Phi) is 3.75. The Morgan fingerprint density at radius 3 is 2.38 bits per heavy atom. The normalized spacial score (nSPS) is 15.6. The van der Waals surface area contributed by atoms with E-state index in [1.165, 1.54) is 12.8 Å². The first-order valence-electron chi connectivity index (χ1n) is 4.09. The molecule has 2 heterocycles. The van der Waals surface area contributed by atoms with E-state index in [9.17, 15) is 0 Å². The summed E-state index contributed by atoms with van der Waals surface area (Å²) in [5, 5.41) is 0.513. The minimum absolute atomic E-state index is 0. The van der Waals surface area contributed by atoms with Gasteiger partial charge in [0.05, 0.1) is 0 Å². The fraction of sp³-hybridized carbons (Fsp3) is 0.500. The molecule has 0 saturated carbocycles. The smallest absolute Gasteiger partial charge is 0.171 e. The van der Waals surface area contributed by atoms with E-state index in [0.29, 0.717) is 5.15 Å². The van der Waals surface area contributed by atoms with Crippen LogP contribution in [0, 0.1) is 0 Å². The van der Waals surface area contributed by atoms with E-state index in [-0.39, 0.29) is 12.4 Å². The highest BCUT2D eigenvalue weighted by molar-refractivity contribution is 6.31. The molecule has 1 aromatic heterocycles. The van der Waals surface area contributed by atoms with Crippen molar-refractivity contribution in [2.75, 3.05) is 18.0 Å². The van der Waals surface area contributed by atoms with Gasteiger partial charge in [-0.05, 0) is 12.8 Å². The molecular weight excluding hydrogens is 209 g/mol. The molecule has 0 aromatic carbocycles. The molecule has 0 unspecified atom stereocenters. The lowest BCUT2D eigenvalue weighted by Crippen LogP contribution is -2.19. The zero-order valence-electron chi connectivity index (χ0n) is 7.11. The van der Waals surface area contributed by atoms with Crippen molar-refractivity contribution in [3.8, 4) is 0 Å². The van der Waals surface area contributed by atoms with Gasteiger partial charge in [0, 0.05) is 25.5 Å². The number of hydrogen-bond acceptors (Lipinski definition) is 3. The number of anilines is 1. The number of halogens is 2. The molecule has 1 aromatic rings. The molecule has 0 radical (unpaired) electrons. The van der Waals surface area contributed by atoms with E-state index in [1.807, 2.05) is 0 Å². The van der Waals surface area contributed by atoms with E-state index >= 15 is 0 Å². The Labute approximate surface area is 88.5 Å². The number of nitrogens with zero attached hydrogens (tertiary/aromatic N) is 3. The molecule has 0 atom stereocenters. The Balaban J connectivity index is 0.000000845. The molecule has 72 valence electrons. The standard InChI is InChI=1S/C8H10ClN3.ClH/c9-7-8(11-4-3-10-7)12-5-1-2-6-12;/h3-4H,1-2,5-6H2;1H. The highest BCUT2D eigenvalue weighted by Gasteiger charge is 2.16. The highest BCUT2D eigenvalue weighted by Crippen LogP contribution is 2.23. The van der Waals surface area contributed by atoms with Gasteiger partial charge < -0.3 is 4.90 Å². The van der Waals surface area contributed by atoms with Gasteiger partial charge in [-0.15, -0.1) is 12.4 Å². The predicted octanol–water partition coefficient (Wildman–Crippen LogP) is 2.15. The second-order valence-corrected chi connectivity index (χ2v) is 3.22. The van der Waals surface area contributed by atoms with E-state index in [2.05, 4.69) is 14.9 Å². The lowest BCUT2D eigenvalue weighted by molar-refractivity contribution is 0.927. The zero-order chi connectivity index (χ0) is 8.39. The first-order valence-corrected chi connectivity index (χ1v) is 4.47. The molecule has 1 aliphatic heterocycles. The largest absolute Gasteiger partial charge is 0.354 e. The Bertz CT molecular complexity index is 274. The summed E-state index contributed by atoms with van der Waals surface area (Å²) >= 11 is 5.89. The van der Waals surface area contributed by atoms with Crippen LogP contribution in [0.5, 0.6) is 0 Å². The van der Waals surface area contributed by atoms with Crippen LogP contribution in [0.4, 0.5) is 5.82 Å². The van der Waals surface area contributed by atoms with Gasteiger partial charge in [0.1, 0.15) is 0 Å². The van der Waals surface area contributed by atoms with Gasteiger partial charge in [-0.2, -0.15) is 0 Å². The predicted molar refractivity (Wildman–Crippen MR) is 55.7 cm³/mol. The molecule has 3 nitrogen and oxygen atoms in total. The average Bonchev–Trinajstić information content (AvgIpc) is 2.57. The number of rotatable bonds is 1. The van der Waals surface area contributed by atoms with Crippen molar-refractivity contribution in [3.05, 3.63) is 17.5 Å². The van der Waals surface area contributed by atoms with Crippen molar-refractivity contribution in [1.82, 2.24) is 9.97 Å². The van der Waals surface area contributed by atoms with E-state index < -0.39 is 0 Å². The van der Waals surface area contributed by atoms with Crippen molar-refractivity contribution in [2.45, 2.75) is 12.8 Å². The van der Waals surface area contributed by atoms with Crippen molar-refractivity contribution < 1.29 is 0 Å². The Hall–Kier alpha value is -0.540. The average molecular weight is 220 g/mol. The molecule has 1 aliphatic rings. The van der Waals surface area contributed by atoms with Crippen LogP contribution in [0.2, 0.25) is 5.15 Å². The summed E-state index contributed by atoms with van der Waals surface area (Å²) in [6, 6.07) is 0. The molecule has 13 heavy (non-hydrogen) atoms. The zero-order valence-corrected chi connectivity index (χ0v) is 8.68. The maximum Gasteiger partial charge on any atom is 0.171 e. The lowest BCUT2D eigenvalue weighted by Gasteiger charge is -2.15. The second-order valence-electron chi connectivity index (χ2n) is 2.86. The molecule has 2 rings (SSSR count). The summed E-state index contributed by atoms with van der Waals surface area (Å²) < 4.78 is 0. The molecule has 0 aliphatic carbocycles. The lowest BCUT2D eigenvalue weighted by atomic mass is 10.4. The first kappa shape index (κ1) is 10.5. The summed E-state index contributed by atoms with van der Waals surface area (Å²) in [7, 11) is 0. The van der Waals surface area contributed by atoms with E-state index in [0.717, 1.165) is 18.9 Å². The van der Waals surface area contributed by atoms with Gasteiger partial charge in [-0.25, -0.2) is 9.97 Å². The van der Waals surface area contributed by atoms with Crippen LogP contribution in [0.15, 0.2) is 12.4 Å². The van der Waals surface area contributed by atoms with Gasteiger partial charge in [0.25, 0.3) is 0 Å². The topological polar surface area (TPSA) is 29.0 Å². The van der Waals surface area contributed by atoms with Crippen LogP contribution in [0.1, 0.15) is 12.8 Å². The fourth-order valence-electron chi connectivity index (χ4n) is 1.45. The molecule has 0 amide bonds. The van der Waals surface area contributed by atoms with Crippen molar-refractivity contribution in [2.24, 2.45) is 0 Å². The van der Waals surface area contributed by atoms with Crippen molar-refractivity contribution in [1.29, 1.82) is 0 Å². The number of aromatic nitrogens is 2. The monoisotopic (exact) mass is 219 g/mol. The summed E-state index contributed by atoms with van der Waals surface area (Å²) in [5.41, 5.74) is 0. The maximum absolute atomic E-state index is 5.89. The van der Waals surface area contributed by atoms with Crippen LogP contribution in [-0.4, -0.2) is 23.1 Å². The Morgan fingerprint density at radius 2 is 1.77 bits per heavy atom. The molecule has 5 heteroatoms. The minimum atomic E-state index is 0. The SMILES string of the molecule is Cl.Clc1nccnc1N1CCCC1. The van der Waals surface area contributed by atoms with Crippen LogP contribution < -0.4 is 4.90 Å². The van der Waals surface area contributed by atoms with Gasteiger partial charge >= 0.3 is 0 Å². The minimum Gasteiger partial charge on any atom is -0.354 e. The van der Waals surface area contributed by atoms with Crippen LogP contribution >= 0.6 is 24.0 Å². The molecule has 1 fully saturated rings. The highest BCUT2D eigenvalue weighted by atomic mass is 35.5. The Morgan fingerprint density at radius 1 is 1.15 bits per heavy atom. The van der Waals surface area contributed by atoms with Crippen LogP contribution in [0.25, 0.3) is 0 Å². The molecule has 0 spiro atoms. The molecule has 1 saturated heterocycles. The van der Waals surface area contributed by atoms with E-state index in [1.54, 1.807) is 12.4 Å². The van der Waals surface area contributed by atoms with Crippen LogP contribution in [0.3, 0.4) is 0 Å². The molecular formula is C8H11Cl2N3. The third-order valence-electron chi connectivity index (χ3n) is 2.04. The quantitative estimate of drug-likeness (QED) is 0.726. The van der Waals surface area contributed by atoms with Crippen molar-refractivity contribution >= 4 is 29.8 Å².